The number of aryl methyl sites for hydroxylation is 4. The van der Waals surface area contributed by atoms with E-state index in [4.69, 9.17) is 10.1 Å². The van der Waals surface area contributed by atoms with Gasteiger partial charge in [0.25, 0.3) is 5.56 Å². The first-order chi connectivity index (χ1) is 17.3. The number of carbonyl (C=O) groups excluding carboxylic acids is 1. The van der Waals surface area contributed by atoms with Crippen molar-refractivity contribution < 1.29 is 4.79 Å². The zero-order valence-electron chi connectivity index (χ0n) is 21.5. The van der Waals surface area contributed by atoms with Crippen LogP contribution in [0.25, 0.3) is 21.9 Å². The van der Waals surface area contributed by atoms with E-state index in [0.29, 0.717) is 27.6 Å². The number of thiazole rings is 1. The van der Waals surface area contributed by atoms with Crippen molar-refractivity contribution in [3.05, 3.63) is 68.2 Å². The summed E-state index contributed by atoms with van der Waals surface area (Å²) < 4.78 is 3.48. The highest BCUT2D eigenvalue weighted by Gasteiger charge is 2.24. The number of benzene rings is 1. The van der Waals surface area contributed by atoms with E-state index in [1.165, 1.54) is 16.9 Å². The molecule has 9 heteroatoms. The van der Waals surface area contributed by atoms with Crippen LogP contribution >= 0.6 is 11.3 Å². The van der Waals surface area contributed by atoms with Crippen LogP contribution in [0.1, 0.15) is 35.1 Å². The number of rotatable bonds is 5. The number of hydrogen-bond donors (Lipinski definition) is 0. The molecule has 4 aromatic rings. The summed E-state index contributed by atoms with van der Waals surface area (Å²) in [4.78, 5) is 36.4. The number of hydrogen-bond acceptors (Lipinski definition) is 6. The third-order valence-electron chi connectivity index (χ3n) is 7.05. The maximum absolute atomic E-state index is 13.8. The Bertz CT molecular complexity index is 1510. The molecule has 1 saturated heterocycles. The van der Waals surface area contributed by atoms with Crippen LogP contribution in [0.15, 0.2) is 34.4 Å². The molecule has 1 fully saturated rings. The van der Waals surface area contributed by atoms with Crippen molar-refractivity contribution in [2.45, 2.75) is 41.0 Å². The van der Waals surface area contributed by atoms with Gasteiger partial charge in [-0.25, -0.2) is 9.67 Å². The van der Waals surface area contributed by atoms with Crippen molar-refractivity contribution in [2.75, 3.05) is 32.7 Å². The smallest absolute Gasteiger partial charge is 0.268 e. The molecule has 1 aliphatic rings. The Morgan fingerprint density at radius 1 is 1.06 bits per heavy atom. The van der Waals surface area contributed by atoms with Gasteiger partial charge in [-0.2, -0.15) is 5.10 Å². The molecule has 0 saturated carbocycles. The van der Waals surface area contributed by atoms with E-state index >= 15 is 0 Å². The molecule has 0 bridgehead atoms. The topological polar surface area (TPSA) is 75.7 Å². The number of aromatic nitrogens is 4. The van der Waals surface area contributed by atoms with Crippen molar-refractivity contribution in [2.24, 2.45) is 0 Å². The fourth-order valence-corrected chi connectivity index (χ4v) is 5.91. The van der Waals surface area contributed by atoms with Crippen molar-refractivity contribution in [1.29, 1.82) is 0 Å². The molecule has 0 spiro atoms. The molecule has 0 unspecified atom stereocenters. The average molecular weight is 505 g/mol. The van der Waals surface area contributed by atoms with Crippen LogP contribution in [0.5, 0.6) is 0 Å². The summed E-state index contributed by atoms with van der Waals surface area (Å²) in [6.45, 7) is 14.3. The first kappa shape index (κ1) is 24.4. The van der Waals surface area contributed by atoms with Gasteiger partial charge in [-0.1, -0.05) is 24.6 Å². The van der Waals surface area contributed by atoms with Crippen molar-refractivity contribution in [3.8, 4) is 16.9 Å². The van der Waals surface area contributed by atoms with Gasteiger partial charge in [0.2, 0.25) is 5.91 Å². The maximum atomic E-state index is 13.8. The average Bonchev–Trinajstić information content (AvgIpc) is 3.42. The monoisotopic (exact) mass is 504 g/mol. The molecular formula is C27H32N6O2S. The van der Waals surface area contributed by atoms with E-state index in [1.54, 1.807) is 4.40 Å². The Morgan fingerprint density at radius 3 is 2.50 bits per heavy atom. The van der Waals surface area contributed by atoms with Gasteiger partial charge in [-0.3, -0.25) is 14.0 Å². The number of nitrogens with zero attached hydrogens (tertiary/aromatic N) is 6. The summed E-state index contributed by atoms with van der Waals surface area (Å²) in [5, 5.41) is 6.70. The SMILES string of the molecule is CCN1CCN(C(=O)Cc2csc3nc(C)c(-c4cc(C)n(-c5ccc(C)cc5C)n4)c(=O)n23)CC1. The van der Waals surface area contributed by atoms with Gasteiger partial charge in [-0.15, -0.1) is 11.3 Å². The second-order valence-corrected chi connectivity index (χ2v) is 10.4. The lowest BCUT2D eigenvalue weighted by Crippen LogP contribution is -2.49. The molecule has 0 aliphatic carbocycles. The molecule has 4 heterocycles. The fourth-order valence-electron chi connectivity index (χ4n) is 4.99. The second-order valence-electron chi connectivity index (χ2n) is 9.59. The standard InChI is InChI=1S/C27H32N6O2S/c1-6-30-9-11-31(12-10-30)24(34)15-21-16-36-27-28-20(5)25(26(35)32(21)27)22-14-19(4)33(29-22)23-8-7-17(2)13-18(23)3/h7-8,13-14,16H,6,9-12,15H2,1-5H3. The van der Waals surface area contributed by atoms with Crippen LogP contribution < -0.4 is 5.56 Å². The van der Waals surface area contributed by atoms with Crippen LogP contribution in [-0.2, 0) is 11.2 Å². The van der Waals surface area contributed by atoms with E-state index in [-0.39, 0.29) is 17.9 Å². The molecule has 0 radical (unpaired) electrons. The molecule has 36 heavy (non-hydrogen) atoms. The molecule has 0 atom stereocenters. The van der Waals surface area contributed by atoms with Crippen molar-refractivity contribution >= 4 is 22.2 Å². The van der Waals surface area contributed by atoms with Crippen LogP contribution in [-0.4, -0.2) is 67.6 Å². The van der Waals surface area contributed by atoms with Gasteiger partial charge in [0.05, 0.1) is 23.4 Å². The summed E-state index contributed by atoms with van der Waals surface area (Å²) in [6.07, 6.45) is 0.187. The number of likely N-dealkylation sites (N-methyl/N-ethyl adjacent to an activating group) is 1. The molecule has 1 aliphatic heterocycles. The quantitative estimate of drug-likeness (QED) is 0.416. The Labute approximate surface area is 214 Å². The minimum Gasteiger partial charge on any atom is -0.340 e. The lowest BCUT2D eigenvalue weighted by atomic mass is 10.1. The highest BCUT2D eigenvalue weighted by Crippen LogP contribution is 2.25. The number of amides is 1. The van der Waals surface area contributed by atoms with Gasteiger partial charge in [0.1, 0.15) is 5.69 Å². The molecule has 0 N–H and O–H groups in total. The highest BCUT2D eigenvalue weighted by molar-refractivity contribution is 7.15. The largest absolute Gasteiger partial charge is 0.340 e. The Balaban J connectivity index is 1.50. The first-order valence-electron chi connectivity index (χ1n) is 12.4. The highest BCUT2D eigenvalue weighted by atomic mass is 32.1. The maximum Gasteiger partial charge on any atom is 0.268 e. The van der Waals surface area contributed by atoms with Crippen LogP contribution in [0.2, 0.25) is 0 Å². The summed E-state index contributed by atoms with van der Waals surface area (Å²) in [5.74, 6) is 0.0504. The van der Waals surface area contributed by atoms with E-state index in [2.05, 4.69) is 43.9 Å². The van der Waals surface area contributed by atoms with E-state index < -0.39 is 0 Å². The van der Waals surface area contributed by atoms with E-state index in [9.17, 15) is 9.59 Å². The zero-order valence-corrected chi connectivity index (χ0v) is 22.4. The van der Waals surface area contributed by atoms with Crippen LogP contribution in [0.4, 0.5) is 0 Å². The Kier molecular flexibility index (Phi) is 6.53. The lowest BCUT2D eigenvalue weighted by molar-refractivity contribution is -0.132. The number of fused-ring (bicyclic) bond motifs is 1. The molecule has 3 aromatic heterocycles. The van der Waals surface area contributed by atoms with Crippen molar-refractivity contribution in [3.63, 3.8) is 0 Å². The molecule has 5 rings (SSSR count). The third kappa shape index (κ3) is 4.37. The van der Waals surface area contributed by atoms with E-state index in [0.717, 1.165) is 49.7 Å². The van der Waals surface area contributed by atoms with E-state index in [1.807, 2.05) is 34.9 Å². The predicted molar refractivity (Wildman–Crippen MR) is 143 cm³/mol. The van der Waals surface area contributed by atoms with Gasteiger partial charge >= 0.3 is 0 Å². The number of piperazine rings is 1. The predicted octanol–water partition coefficient (Wildman–Crippen LogP) is 3.55. The molecule has 188 valence electrons. The van der Waals surface area contributed by atoms with Crippen molar-refractivity contribution in [1.82, 2.24) is 29.0 Å². The van der Waals surface area contributed by atoms with Gasteiger partial charge in [0, 0.05) is 42.9 Å². The lowest BCUT2D eigenvalue weighted by Gasteiger charge is -2.34. The normalized spacial score (nSPS) is 14.6. The second kappa shape index (κ2) is 9.63. The molecule has 1 aromatic carbocycles. The Morgan fingerprint density at radius 2 is 1.81 bits per heavy atom. The first-order valence-corrected chi connectivity index (χ1v) is 13.3. The molecule has 1 amide bonds. The Hall–Kier alpha value is -3.30. The van der Waals surface area contributed by atoms with Crippen LogP contribution in [0.3, 0.4) is 0 Å². The summed E-state index contributed by atoms with van der Waals surface area (Å²) in [5.41, 5.74) is 6.45. The summed E-state index contributed by atoms with van der Waals surface area (Å²) in [7, 11) is 0. The fraction of sp³-hybridized carbons (Fsp3) is 0.407. The molecular weight excluding hydrogens is 472 g/mol. The van der Waals surface area contributed by atoms with Gasteiger partial charge in [-0.05, 0) is 51.9 Å². The summed E-state index contributed by atoms with van der Waals surface area (Å²) in [6, 6.07) is 8.17. The zero-order chi connectivity index (χ0) is 25.6. The number of carbonyl (C=O) groups is 1. The minimum atomic E-state index is -0.178. The van der Waals surface area contributed by atoms with Gasteiger partial charge < -0.3 is 9.80 Å². The molecule has 8 nitrogen and oxygen atoms in total. The third-order valence-corrected chi connectivity index (χ3v) is 7.92. The van der Waals surface area contributed by atoms with Gasteiger partial charge in [0.15, 0.2) is 4.96 Å². The van der Waals surface area contributed by atoms with Crippen LogP contribution in [0, 0.1) is 27.7 Å². The summed E-state index contributed by atoms with van der Waals surface area (Å²) >= 11 is 1.39. The minimum absolute atomic E-state index is 0.0504.